The zero-order valence-corrected chi connectivity index (χ0v) is 16.6. The Morgan fingerprint density at radius 3 is 2.70 bits per heavy atom. The van der Waals surface area contributed by atoms with E-state index in [0.29, 0.717) is 13.0 Å². The summed E-state index contributed by atoms with van der Waals surface area (Å²) in [5.74, 6) is 6.05. The number of hydrogen-bond donors (Lipinski definition) is 1. The summed E-state index contributed by atoms with van der Waals surface area (Å²) < 4.78 is 11.2. The van der Waals surface area contributed by atoms with Crippen LogP contribution in [-0.4, -0.2) is 24.4 Å². The maximum absolute atomic E-state index is 11.3. The van der Waals surface area contributed by atoms with Crippen LogP contribution in [0.2, 0.25) is 0 Å². The molecule has 0 fully saturated rings. The van der Waals surface area contributed by atoms with Crippen LogP contribution in [0.5, 0.6) is 5.75 Å². The van der Waals surface area contributed by atoms with Crippen molar-refractivity contribution in [1.29, 1.82) is 0 Å². The number of hydrazone groups is 1. The highest BCUT2D eigenvalue weighted by molar-refractivity contribution is 5.81. The van der Waals surface area contributed by atoms with E-state index in [4.69, 9.17) is 15.3 Å². The zero-order chi connectivity index (χ0) is 19.5. The van der Waals surface area contributed by atoms with Gasteiger partial charge in [-0.1, -0.05) is 31.8 Å². The molecule has 0 spiro atoms. The smallest absolute Gasteiger partial charge is 0.305 e. The van der Waals surface area contributed by atoms with Crippen LogP contribution in [0.3, 0.4) is 0 Å². The molecule has 1 aromatic carbocycles. The second-order valence-electron chi connectivity index (χ2n) is 7.25. The van der Waals surface area contributed by atoms with Crippen molar-refractivity contribution in [3.8, 4) is 5.75 Å². The molecule has 1 atom stereocenters. The number of rotatable bonds is 11. The fourth-order valence-corrected chi connectivity index (χ4v) is 3.33. The van der Waals surface area contributed by atoms with Crippen LogP contribution < -0.4 is 10.6 Å². The molecule has 0 saturated heterocycles. The highest BCUT2D eigenvalue weighted by Crippen LogP contribution is 2.34. The summed E-state index contributed by atoms with van der Waals surface area (Å²) in [4.78, 5) is 11.3. The molecule has 0 bridgehead atoms. The molecule has 27 heavy (non-hydrogen) atoms. The molecule has 148 valence electrons. The van der Waals surface area contributed by atoms with E-state index in [1.54, 1.807) is 6.21 Å². The molecule has 1 aliphatic heterocycles. The van der Waals surface area contributed by atoms with Crippen molar-refractivity contribution < 1.29 is 14.3 Å². The van der Waals surface area contributed by atoms with Gasteiger partial charge in [-0.2, -0.15) is 5.10 Å². The summed E-state index contributed by atoms with van der Waals surface area (Å²) in [6.45, 7) is 4.46. The fraction of sp³-hybridized carbons (Fsp3) is 0.545. The molecule has 2 rings (SSSR count). The number of nitrogens with zero attached hydrogens (tertiary/aromatic N) is 1. The Hall–Kier alpha value is -2.30. The van der Waals surface area contributed by atoms with E-state index < -0.39 is 0 Å². The lowest BCUT2D eigenvalue weighted by atomic mass is 9.93. The van der Waals surface area contributed by atoms with Gasteiger partial charge in [0.1, 0.15) is 11.4 Å². The van der Waals surface area contributed by atoms with Crippen molar-refractivity contribution in [2.45, 2.75) is 70.8 Å². The summed E-state index contributed by atoms with van der Waals surface area (Å²) in [6, 6.07) is 5.97. The predicted octanol–water partition coefficient (Wildman–Crippen LogP) is 4.83. The zero-order valence-electron chi connectivity index (χ0n) is 16.6. The first-order valence-corrected chi connectivity index (χ1v) is 9.97. The van der Waals surface area contributed by atoms with Gasteiger partial charge in [0, 0.05) is 12.0 Å². The molecule has 0 radical (unpaired) electrons. The normalized spacial score (nSPS) is 18.3. The number of carbonyl (C=O) groups is 1. The summed E-state index contributed by atoms with van der Waals surface area (Å²) >= 11 is 0. The van der Waals surface area contributed by atoms with Gasteiger partial charge < -0.3 is 15.3 Å². The minimum atomic E-state index is -0.250. The van der Waals surface area contributed by atoms with E-state index in [1.165, 1.54) is 19.3 Å². The Labute approximate surface area is 162 Å². The maximum Gasteiger partial charge on any atom is 0.305 e. The number of unbranched alkanes of at least 4 members (excludes halogenated alkanes) is 5. The number of carbonyl (C=O) groups excluding carboxylic acids is 1. The average molecular weight is 373 g/mol. The lowest BCUT2D eigenvalue weighted by Crippen LogP contribution is -2.31. The molecule has 0 saturated carbocycles. The van der Waals surface area contributed by atoms with Crippen molar-refractivity contribution in [2.24, 2.45) is 10.9 Å². The Morgan fingerprint density at radius 1 is 1.22 bits per heavy atom. The van der Waals surface area contributed by atoms with Gasteiger partial charge in [0.15, 0.2) is 0 Å². The van der Waals surface area contributed by atoms with Gasteiger partial charge in [0.2, 0.25) is 0 Å². The molecule has 1 aliphatic rings. The average Bonchev–Trinajstić information content (AvgIpc) is 2.64. The summed E-state index contributed by atoms with van der Waals surface area (Å²) in [7, 11) is 0. The van der Waals surface area contributed by atoms with Gasteiger partial charge in [-0.05, 0) is 62.9 Å². The Bertz CT molecular complexity index is 670. The van der Waals surface area contributed by atoms with Crippen molar-refractivity contribution >= 4 is 18.3 Å². The molecule has 0 amide bonds. The minimum absolute atomic E-state index is 0.0747. The standard InChI is InChI=1S/C22H32N2O3/c1-3-26-21(25)10-8-6-4-5-7-9-14-22(2)15-13-19-16-18(17-24-23)11-12-20(19)27-22/h11-13,15-17H,3-10,14,23H2,1-2H3. The lowest BCUT2D eigenvalue weighted by Gasteiger charge is -2.32. The van der Waals surface area contributed by atoms with Gasteiger partial charge in [-0.25, -0.2) is 0 Å². The molecule has 2 N–H and O–H groups in total. The summed E-state index contributed by atoms with van der Waals surface area (Å²) in [5.41, 5.74) is 1.78. The monoisotopic (exact) mass is 372 g/mol. The first-order chi connectivity index (χ1) is 13.1. The fourth-order valence-electron chi connectivity index (χ4n) is 3.33. The predicted molar refractivity (Wildman–Crippen MR) is 110 cm³/mol. The molecule has 0 aromatic heterocycles. The number of hydrogen-bond acceptors (Lipinski definition) is 5. The SMILES string of the molecule is CCOC(=O)CCCCCCCCC1(C)C=Cc2cc(C=NN)ccc2O1. The largest absolute Gasteiger partial charge is 0.483 e. The van der Waals surface area contributed by atoms with Gasteiger partial charge in [0.05, 0.1) is 12.8 Å². The molecule has 5 nitrogen and oxygen atoms in total. The van der Waals surface area contributed by atoms with Gasteiger partial charge in [-0.3, -0.25) is 4.79 Å². The molecular weight excluding hydrogens is 340 g/mol. The number of ether oxygens (including phenoxy) is 2. The topological polar surface area (TPSA) is 73.9 Å². The Balaban J connectivity index is 1.65. The minimum Gasteiger partial charge on any atom is -0.483 e. The van der Waals surface area contributed by atoms with Crippen LogP contribution in [0.25, 0.3) is 6.08 Å². The molecule has 5 heteroatoms. The second-order valence-corrected chi connectivity index (χ2v) is 7.25. The highest BCUT2D eigenvalue weighted by Gasteiger charge is 2.26. The van der Waals surface area contributed by atoms with Crippen LogP contribution in [0.15, 0.2) is 29.4 Å². The van der Waals surface area contributed by atoms with E-state index in [-0.39, 0.29) is 11.6 Å². The summed E-state index contributed by atoms with van der Waals surface area (Å²) in [5, 5.41) is 3.56. The van der Waals surface area contributed by atoms with Crippen molar-refractivity contribution in [2.75, 3.05) is 6.61 Å². The second kappa shape index (κ2) is 10.8. The molecular formula is C22H32N2O3. The van der Waals surface area contributed by atoms with Gasteiger partial charge in [0.25, 0.3) is 0 Å². The van der Waals surface area contributed by atoms with Crippen LogP contribution in [0.4, 0.5) is 0 Å². The number of fused-ring (bicyclic) bond motifs is 1. The van der Waals surface area contributed by atoms with Crippen molar-refractivity contribution in [1.82, 2.24) is 0 Å². The van der Waals surface area contributed by atoms with Gasteiger partial charge >= 0.3 is 5.97 Å². The van der Waals surface area contributed by atoms with Crippen LogP contribution >= 0.6 is 0 Å². The lowest BCUT2D eigenvalue weighted by molar-refractivity contribution is -0.143. The number of nitrogens with two attached hydrogens (primary N) is 1. The third-order valence-corrected chi connectivity index (χ3v) is 4.83. The Morgan fingerprint density at radius 2 is 1.96 bits per heavy atom. The van der Waals surface area contributed by atoms with E-state index in [0.717, 1.165) is 42.6 Å². The van der Waals surface area contributed by atoms with Crippen LogP contribution in [0.1, 0.15) is 76.3 Å². The van der Waals surface area contributed by atoms with E-state index in [1.807, 2.05) is 25.1 Å². The number of esters is 1. The highest BCUT2D eigenvalue weighted by atomic mass is 16.5. The molecule has 1 aromatic rings. The molecule has 1 heterocycles. The Kier molecular flexibility index (Phi) is 8.37. The maximum atomic E-state index is 11.3. The number of benzene rings is 1. The van der Waals surface area contributed by atoms with Crippen molar-refractivity contribution in [3.05, 3.63) is 35.4 Å². The van der Waals surface area contributed by atoms with Crippen molar-refractivity contribution in [3.63, 3.8) is 0 Å². The summed E-state index contributed by atoms with van der Waals surface area (Å²) in [6.07, 6.45) is 14.2. The quantitative estimate of drug-likeness (QED) is 0.198. The van der Waals surface area contributed by atoms with Crippen LogP contribution in [-0.2, 0) is 9.53 Å². The van der Waals surface area contributed by atoms with E-state index in [9.17, 15) is 4.79 Å². The molecule has 0 aliphatic carbocycles. The van der Waals surface area contributed by atoms with Gasteiger partial charge in [-0.15, -0.1) is 0 Å². The van der Waals surface area contributed by atoms with E-state index >= 15 is 0 Å². The third kappa shape index (κ3) is 7.08. The first kappa shape index (κ1) is 21.0. The van der Waals surface area contributed by atoms with E-state index in [2.05, 4.69) is 24.2 Å². The molecule has 1 unspecified atom stereocenters. The van der Waals surface area contributed by atoms with Crippen LogP contribution in [0, 0.1) is 0 Å². The third-order valence-electron chi connectivity index (χ3n) is 4.83. The first-order valence-electron chi connectivity index (χ1n) is 9.97.